The van der Waals surface area contributed by atoms with Gasteiger partial charge >= 0.3 is 0 Å². The number of hydrogen-bond acceptors (Lipinski definition) is 3. The van der Waals surface area contributed by atoms with E-state index in [1.807, 2.05) is 18.2 Å². The van der Waals surface area contributed by atoms with Crippen molar-refractivity contribution in [1.82, 2.24) is 4.90 Å². The van der Waals surface area contributed by atoms with Gasteiger partial charge in [0.2, 0.25) is 0 Å². The maximum atomic E-state index is 9.76. The first-order valence-corrected chi connectivity index (χ1v) is 8.89. The first-order chi connectivity index (χ1) is 11.3. The van der Waals surface area contributed by atoms with E-state index in [4.69, 9.17) is 4.42 Å². The number of phenolic OH excluding ortho intramolecular Hbond substituents is 1. The number of furan rings is 1. The van der Waals surface area contributed by atoms with Crippen LogP contribution in [-0.2, 0) is 12.8 Å². The maximum absolute atomic E-state index is 9.76. The Morgan fingerprint density at radius 1 is 1.17 bits per heavy atom. The number of aryl methyl sites for hydroxylation is 1. The van der Waals surface area contributed by atoms with Crippen molar-refractivity contribution in [2.45, 2.75) is 50.5 Å². The van der Waals surface area contributed by atoms with Crippen LogP contribution in [0.4, 0.5) is 0 Å². The molecular weight excluding hydrogens is 366 g/mol. The van der Waals surface area contributed by atoms with Crippen molar-refractivity contribution < 1.29 is 9.52 Å². The second-order valence-corrected chi connectivity index (χ2v) is 6.96. The molecule has 1 aliphatic heterocycles. The highest BCUT2D eigenvalue weighted by Gasteiger charge is 2.34. The molecule has 1 saturated heterocycles. The van der Waals surface area contributed by atoms with E-state index in [2.05, 4.69) is 17.0 Å². The van der Waals surface area contributed by atoms with Crippen LogP contribution in [0.2, 0.25) is 0 Å². The zero-order valence-corrected chi connectivity index (χ0v) is 15.7. The molecule has 0 spiro atoms. The molecule has 2 atom stereocenters. The lowest BCUT2D eigenvalue weighted by Crippen LogP contribution is -2.37. The van der Waals surface area contributed by atoms with Crippen molar-refractivity contribution in [3.05, 3.63) is 53.5 Å². The summed E-state index contributed by atoms with van der Waals surface area (Å²) in [6.07, 6.45) is 8.98. The molecule has 24 heavy (non-hydrogen) atoms. The SMILES string of the molecule is Br.Oc1ccc2c(c1)CCCC2C1CCCN1CCc1ccco1. The molecule has 4 rings (SSSR count). The van der Waals surface area contributed by atoms with Gasteiger partial charge in [0.25, 0.3) is 0 Å². The lowest BCUT2D eigenvalue weighted by Gasteiger charge is -2.35. The van der Waals surface area contributed by atoms with Gasteiger partial charge in [-0.2, -0.15) is 0 Å². The number of aromatic hydroxyl groups is 1. The van der Waals surface area contributed by atoms with Crippen molar-refractivity contribution in [2.75, 3.05) is 13.1 Å². The molecule has 130 valence electrons. The number of hydrogen-bond donors (Lipinski definition) is 1. The monoisotopic (exact) mass is 391 g/mol. The van der Waals surface area contributed by atoms with Crippen LogP contribution in [0.3, 0.4) is 0 Å². The first-order valence-electron chi connectivity index (χ1n) is 8.89. The van der Waals surface area contributed by atoms with E-state index < -0.39 is 0 Å². The summed E-state index contributed by atoms with van der Waals surface area (Å²) in [6.45, 7) is 2.29. The van der Waals surface area contributed by atoms with Gasteiger partial charge in [0.1, 0.15) is 11.5 Å². The molecule has 0 bridgehead atoms. The van der Waals surface area contributed by atoms with Gasteiger partial charge in [-0.1, -0.05) is 6.07 Å². The Morgan fingerprint density at radius 3 is 2.92 bits per heavy atom. The van der Waals surface area contributed by atoms with E-state index in [0.717, 1.165) is 25.1 Å². The highest BCUT2D eigenvalue weighted by Crippen LogP contribution is 2.40. The molecule has 1 N–H and O–H groups in total. The molecule has 2 aliphatic rings. The lowest BCUT2D eigenvalue weighted by molar-refractivity contribution is 0.211. The van der Waals surface area contributed by atoms with Gasteiger partial charge in [-0.25, -0.2) is 0 Å². The first kappa shape index (κ1) is 17.6. The van der Waals surface area contributed by atoms with Crippen LogP contribution >= 0.6 is 17.0 Å². The zero-order chi connectivity index (χ0) is 15.6. The quantitative estimate of drug-likeness (QED) is 0.820. The number of phenols is 1. The fourth-order valence-electron chi connectivity index (χ4n) is 4.53. The largest absolute Gasteiger partial charge is 0.508 e. The van der Waals surface area contributed by atoms with E-state index >= 15 is 0 Å². The van der Waals surface area contributed by atoms with E-state index in [9.17, 15) is 5.11 Å². The van der Waals surface area contributed by atoms with Crippen LogP contribution < -0.4 is 0 Å². The van der Waals surface area contributed by atoms with Crippen LogP contribution in [0.25, 0.3) is 0 Å². The van der Waals surface area contributed by atoms with Crippen LogP contribution in [0.1, 0.15) is 48.5 Å². The summed E-state index contributed by atoms with van der Waals surface area (Å²) >= 11 is 0. The summed E-state index contributed by atoms with van der Waals surface area (Å²) in [6, 6.07) is 10.7. The van der Waals surface area contributed by atoms with Crippen molar-refractivity contribution in [2.24, 2.45) is 0 Å². The van der Waals surface area contributed by atoms with Crippen LogP contribution in [-0.4, -0.2) is 29.1 Å². The Bertz CT molecular complexity index is 656. The molecule has 1 aromatic carbocycles. The summed E-state index contributed by atoms with van der Waals surface area (Å²) in [7, 11) is 0. The normalized spacial score (nSPS) is 23.7. The summed E-state index contributed by atoms with van der Waals surface area (Å²) in [5.74, 6) is 2.12. The van der Waals surface area contributed by atoms with E-state index in [0.29, 0.717) is 17.7 Å². The smallest absolute Gasteiger partial charge is 0.115 e. The van der Waals surface area contributed by atoms with Gasteiger partial charge < -0.3 is 9.52 Å². The highest BCUT2D eigenvalue weighted by molar-refractivity contribution is 8.93. The zero-order valence-electron chi connectivity index (χ0n) is 14.0. The topological polar surface area (TPSA) is 36.6 Å². The summed E-state index contributed by atoms with van der Waals surface area (Å²) in [5, 5.41) is 9.76. The number of nitrogens with zero attached hydrogens (tertiary/aromatic N) is 1. The van der Waals surface area contributed by atoms with E-state index in [-0.39, 0.29) is 17.0 Å². The Labute approximate surface area is 154 Å². The third kappa shape index (κ3) is 3.55. The Balaban J connectivity index is 0.00000169. The third-order valence-electron chi connectivity index (χ3n) is 5.59. The van der Waals surface area contributed by atoms with E-state index in [1.54, 1.807) is 6.26 Å². The van der Waals surface area contributed by atoms with Crippen LogP contribution in [0, 0.1) is 0 Å². The predicted molar refractivity (Wildman–Crippen MR) is 101 cm³/mol. The van der Waals surface area contributed by atoms with Gasteiger partial charge in [0.15, 0.2) is 0 Å². The van der Waals surface area contributed by atoms with Crippen LogP contribution in [0.5, 0.6) is 5.75 Å². The van der Waals surface area contributed by atoms with Gasteiger partial charge in [-0.15, -0.1) is 17.0 Å². The minimum atomic E-state index is 0. The second kappa shape index (κ2) is 7.75. The average molecular weight is 392 g/mol. The van der Waals surface area contributed by atoms with Gasteiger partial charge in [0.05, 0.1) is 6.26 Å². The van der Waals surface area contributed by atoms with Crippen molar-refractivity contribution >= 4 is 17.0 Å². The standard InChI is InChI=1S/C20H25NO2.BrH/c22-16-8-9-18-15(14-16)4-1-6-19(18)20-7-2-11-21(20)12-10-17-5-3-13-23-17;/h3,5,8-9,13-14,19-20,22H,1-2,4,6-7,10-12H2;1H. The molecular formula is C20H26BrNO2. The Kier molecular flexibility index (Phi) is 5.67. The third-order valence-corrected chi connectivity index (χ3v) is 5.59. The molecule has 0 saturated carbocycles. The number of likely N-dealkylation sites (tertiary alicyclic amines) is 1. The van der Waals surface area contributed by atoms with Crippen molar-refractivity contribution in [3.8, 4) is 5.75 Å². The minimum Gasteiger partial charge on any atom is -0.508 e. The van der Waals surface area contributed by atoms with E-state index in [1.165, 1.54) is 43.4 Å². The molecule has 1 aromatic heterocycles. The van der Waals surface area contributed by atoms with Crippen molar-refractivity contribution in [3.63, 3.8) is 0 Å². The molecule has 2 unspecified atom stereocenters. The van der Waals surface area contributed by atoms with Gasteiger partial charge in [-0.3, -0.25) is 4.90 Å². The van der Waals surface area contributed by atoms with Crippen LogP contribution in [0.15, 0.2) is 41.0 Å². The Hall–Kier alpha value is -1.26. The fraction of sp³-hybridized carbons (Fsp3) is 0.500. The molecule has 2 heterocycles. The number of benzene rings is 1. The Morgan fingerprint density at radius 2 is 2.08 bits per heavy atom. The number of rotatable bonds is 4. The molecule has 2 aromatic rings. The predicted octanol–water partition coefficient (Wildman–Crippen LogP) is 4.69. The number of halogens is 1. The highest BCUT2D eigenvalue weighted by atomic mass is 79.9. The lowest BCUT2D eigenvalue weighted by atomic mass is 9.78. The summed E-state index contributed by atoms with van der Waals surface area (Å²) in [5.41, 5.74) is 2.84. The summed E-state index contributed by atoms with van der Waals surface area (Å²) < 4.78 is 5.49. The molecule has 0 amide bonds. The average Bonchev–Trinajstić information content (AvgIpc) is 3.23. The minimum absolute atomic E-state index is 0. The molecule has 4 heteroatoms. The summed E-state index contributed by atoms with van der Waals surface area (Å²) in [4.78, 5) is 2.66. The van der Waals surface area contributed by atoms with Crippen molar-refractivity contribution in [1.29, 1.82) is 0 Å². The molecule has 1 fully saturated rings. The molecule has 1 aliphatic carbocycles. The molecule has 3 nitrogen and oxygen atoms in total. The molecule has 0 radical (unpaired) electrons. The van der Waals surface area contributed by atoms with Gasteiger partial charge in [-0.05, 0) is 80.0 Å². The second-order valence-electron chi connectivity index (χ2n) is 6.96. The fourth-order valence-corrected chi connectivity index (χ4v) is 4.53. The van der Waals surface area contributed by atoms with Gasteiger partial charge in [0, 0.05) is 19.0 Å². The maximum Gasteiger partial charge on any atom is 0.115 e. The number of fused-ring (bicyclic) bond motifs is 1.